The second kappa shape index (κ2) is 6.53. The standard InChI is InChI=1S/C15H21N3/c1-2-18-8-7-15(12-18)11-17-10-14-5-3-13(9-16)4-6-14/h3-6,15,17H,2,7-8,10-12H2,1H3. The molecule has 0 spiro atoms. The topological polar surface area (TPSA) is 39.1 Å². The van der Waals surface area contributed by atoms with E-state index in [0.717, 1.165) is 24.6 Å². The number of benzene rings is 1. The predicted octanol–water partition coefficient (Wildman–Crippen LogP) is 1.99. The van der Waals surface area contributed by atoms with Crippen LogP contribution in [0.5, 0.6) is 0 Å². The van der Waals surface area contributed by atoms with Crippen molar-refractivity contribution in [3.8, 4) is 6.07 Å². The summed E-state index contributed by atoms with van der Waals surface area (Å²) in [6, 6.07) is 9.95. The van der Waals surface area contributed by atoms with Crippen LogP contribution in [0, 0.1) is 17.2 Å². The van der Waals surface area contributed by atoms with Crippen LogP contribution in [-0.2, 0) is 6.54 Å². The Labute approximate surface area is 109 Å². The molecule has 0 radical (unpaired) electrons. The third-order valence-electron chi connectivity index (χ3n) is 3.66. The van der Waals surface area contributed by atoms with E-state index in [1.165, 1.54) is 31.6 Å². The molecule has 1 aliphatic heterocycles. The minimum Gasteiger partial charge on any atom is -0.312 e. The number of likely N-dealkylation sites (tertiary alicyclic amines) is 1. The molecule has 3 heteroatoms. The van der Waals surface area contributed by atoms with E-state index in [1.54, 1.807) is 0 Å². The molecule has 96 valence electrons. The van der Waals surface area contributed by atoms with E-state index in [9.17, 15) is 0 Å². The largest absolute Gasteiger partial charge is 0.312 e. The van der Waals surface area contributed by atoms with Crippen LogP contribution in [0.1, 0.15) is 24.5 Å². The number of rotatable bonds is 5. The monoisotopic (exact) mass is 243 g/mol. The van der Waals surface area contributed by atoms with E-state index >= 15 is 0 Å². The van der Waals surface area contributed by atoms with Crippen molar-refractivity contribution in [2.45, 2.75) is 19.9 Å². The Morgan fingerprint density at radius 2 is 2.17 bits per heavy atom. The quantitative estimate of drug-likeness (QED) is 0.859. The Morgan fingerprint density at radius 1 is 1.39 bits per heavy atom. The maximum atomic E-state index is 8.73. The predicted molar refractivity (Wildman–Crippen MR) is 73.1 cm³/mol. The third-order valence-corrected chi connectivity index (χ3v) is 3.66. The highest BCUT2D eigenvalue weighted by molar-refractivity contribution is 5.31. The number of nitrogens with one attached hydrogen (secondary N) is 1. The molecule has 0 aromatic heterocycles. The maximum Gasteiger partial charge on any atom is 0.0991 e. The van der Waals surface area contributed by atoms with Gasteiger partial charge in [-0.05, 0) is 49.7 Å². The van der Waals surface area contributed by atoms with Crippen molar-refractivity contribution in [2.75, 3.05) is 26.2 Å². The average Bonchev–Trinajstić information content (AvgIpc) is 2.87. The van der Waals surface area contributed by atoms with E-state index in [2.05, 4.69) is 23.2 Å². The lowest BCUT2D eigenvalue weighted by atomic mass is 10.1. The first-order valence-electron chi connectivity index (χ1n) is 6.74. The fourth-order valence-corrected chi connectivity index (χ4v) is 2.48. The van der Waals surface area contributed by atoms with Crippen LogP contribution >= 0.6 is 0 Å². The summed E-state index contributed by atoms with van der Waals surface area (Å²) < 4.78 is 0. The average molecular weight is 243 g/mol. The van der Waals surface area contributed by atoms with Crippen molar-refractivity contribution in [1.82, 2.24) is 10.2 Å². The zero-order valence-corrected chi connectivity index (χ0v) is 11.0. The normalized spacial score (nSPS) is 19.9. The van der Waals surface area contributed by atoms with E-state index < -0.39 is 0 Å². The summed E-state index contributed by atoms with van der Waals surface area (Å²) in [6.07, 6.45) is 1.31. The first-order chi connectivity index (χ1) is 8.81. The van der Waals surface area contributed by atoms with Gasteiger partial charge in [0.15, 0.2) is 0 Å². The Hall–Kier alpha value is -1.37. The summed E-state index contributed by atoms with van der Waals surface area (Å²) in [6.45, 7) is 7.88. The van der Waals surface area contributed by atoms with Gasteiger partial charge in [-0.1, -0.05) is 19.1 Å². The second-order valence-corrected chi connectivity index (χ2v) is 4.99. The van der Waals surface area contributed by atoms with Crippen LogP contribution in [0.25, 0.3) is 0 Å². The van der Waals surface area contributed by atoms with Gasteiger partial charge in [-0.25, -0.2) is 0 Å². The molecular weight excluding hydrogens is 222 g/mol. The molecule has 1 atom stereocenters. The van der Waals surface area contributed by atoms with Crippen molar-refractivity contribution < 1.29 is 0 Å². The summed E-state index contributed by atoms with van der Waals surface area (Å²) in [5, 5.41) is 12.2. The summed E-state index contributed by atoms with van der Waals surface area (Å²) in [4.78, 5) is 2.51. The molecule has 3 nitrogen and oxygen atoms in total. The smallest absolute Gasteiger partial charge is 0.0991 e. The zero-order chi connectivity index (χ0) is 12.8. The summed E-state index contributed by atoms with van der Waals surface area (Å²) in [5.74, 6) is 0.795. The summed E-state index contributed by atoms with van der Waals surface area (Å²) in [5.41, 5.74) is 1.98. The molecule has 1 aromatic carbocycles. The van der Waals surface area contributed by atoms with E-state index in [4.69, 9.17) is 5.26 Å². The third kappa shape index (κ3) is 3.56. The second-order valence-electron chi connectivity index (χ2n) is 4.99. The fraction of sp³-hybridized carbons (Fsp3) is 0.533. The van der Waals surface area contributed by atoms with Crippen LogP contribution in [0.2, 0.25) is 0 Å². The lowest BCUT2D eigenvalue weighted by Crippen LogP contribution is -2.26. The minimum absolute atomic E-state index is 0.730. The van der Waals surface area contributed by atoms with Gasteiger partial charge in [0.2, 0.25) is 0 Å². The molecule has 1 fully saturated rings. The molecule has 1 aliphatic rings. The van der Waals surface area contributed by atoms with Crippen molar-refractivity contribution in [1.29, 1.82) is 5.26 Å². The zero-order valence-electron chi connectivity index (χ0n) is 11.0. The van der Waals surface area contributed by atoms with Crippen LogP contribution in [0.4, 0.5) is 0 Å². The van der Waals surface area contributed by atoms with Gasteiger partial charge in [0.25, 0.3) is 0 Å². The highest BCUT2D eigenvalue weighted by atomic mass is 15.1. The highest BCUT2D eigenvalue weighted by Gasteiger charge is 2.20. The first-order valence-corrected chi connectivity index (χ1v) is 6.74. The number of nitriles is 1. The van der Waals surface area contributed by atoms with Crippen LogP contribution in [0.3, 0.4) is 0 Å². The highest BCUT2D eigenvalue weighted by Crippen LogP contribution is 2.14. The first kappa shape index (κ1) is 13.1. The van der Waals surface area contributed by atoms with Gasteiger partial charge in [-0.2, -0.15) is 5.26 Å². The molecule has 18 heavy (non-hydrogen) atoms. The molecular formula is C15H21N3. The van der Waals surface area contributed by atoms with Crippen LogP contribution in [-0.4, -0.2) is 31.1 Å². The molecule has 2 rings (SSSR count). The maximum absolute atomic E-state index is 8.73. The van der Waals surface area contributed by atoms with Gasteiger partial charge in [0.05, 0.1) is 11.6 Å². The SMILES string of the molecule is CCN1CCC(CNCc2ccc(C#N)cc2)C1. The summed E-state index contributed by atoms with van der Waals surface area (Å²) in [7, 11) is 0. The minimum atomic E-state index is 0.730. The Balaban J connectivity index is 1.70. The molecule has 1 N–H and O–H groups in total. The molecule has 1 unspecified atom stereocenters. The molecule has 1 aromatic rings. The van der Waals surface area contributed by atoms with E-state index in [0.29, 0.717) is 0 Å². The molecule has 1 heterocycles. The van der Waals surface area contributed by atoms with E-state index in [1.807, 2.05) is 24.3 Å². The number of nitrogens with zero attached hydrogens (tertiary/aromatic N) is 2. The van der Waals surface area contributed by atoms with E-state index in [-0.39, 0.29) is 0 Å². The molecule has 0 aliphatic carbocycles. The Bertz CT molecular complexity index is 405. The lowest BCUT2D eigenvalue weighted by molar-refractivity contribution is 0.339. The number of hydrogen-bond acceptors (Lipinski definition) is 3. The van der Waals surface area contributed by atoms with Gasteiger partial charge < -0.3 is 10.2 Å². The number of hydrogen-bond donors (Lipinski definition) is 1. The Morgan fingerprint density at radius 3 is 2.78 bits per heavy atom. The van der Waals surface area contributed by atoms with Crippen molar-refractivity contribution >= 4 is 0 Å². The molecule has 1 saturated heterocycles. The van der Waals surface area contributed by atoms with Gasteiger partial charge in [-0.3, -0.25) is 0 Å². The fourth-order valence-electron chi connectivity index (χ4n) is 2.48. The Kier molecular flexibility index (Phi) is 4.74. The van der Waals surface area contributed by atoms with Crippen molar-refractivity contribution in [3.05, 3.63) is 35.4 Å². The molecule has 0 saturated carbocycles. The van der Waals surface area contributed by atoms with Gasteiger partial charge in [0, 0.05) is 13.1 Å². The van der Waals surface area contributed by atoms with Crippen molar-refractivity contribution in [3.63, 3.8) is 0 Å². The van der Waals surface area contributed by atoms with Crippen LogP contribution < -0.4 is 5.32 Å². The molecule has 0 amide bonds. The summed E-state index contributed by atoms with van der Waals surface area (Å²) >= 11 is 0. The van der Waals surface area contributed by atoms with Crippen molar-refractivity contribution in [2.24, 2.45) is 5.92 Å². The van der Waals surface area contributed by atoms with Gasteiger partial charge in [-0.15, -0.1) is 0 Å². The van der Waals surface area contributed by atoms with Crippen LogP contribution in [0.15, 0.2) is 24.3 Å². The lowest BCUT2D eigenvalue weighted by Gasteiger charge is -2.13. The van der Waals surface area contributed by atoms with Gasteiger partial charge >= 0.3 is 0 Å². The molecule has 0 bridgehead atoms. The van der Waals surface area contributed by atoms with Gasteiger partial charge in [0.1, 0.15) is 0 Å².